The highest BCUT2D eigenvalue weighted by atomic mass is 16.4. The van der Waals surface area contributed by atoms with Crippen molar-refractivity contribution in [1.29, 1.82) is 0 Å². The predicted molar refractivity (Wildman–Crippen MR) is 89.8 cm³/mol. The first-order valence-electron chi connectivity index (χ1n) is 7.75. The number of nitrogens with one attached hydrogen (secondary N) is 1. The third-order valence-corrected chi connectivity index (χ3v) is 3.77. The average molecular weight is 325 g/mol. The van der Waals surface area contributed by atoms with Crippen LogP contribution in [0.3, 0.4) is 0 Å². The Hall–Kier alpha value is -2.96. The van der Waals surface area contributed by atoms with E-state index in [0.717, 1.165) is 22.4 Å². The van der Waals surface area contributed by atoms with E-state index in [1.807, 2.05) is 45.9 Å². The molecule has 2 aromatic heterocycles. The van der Waals surface area contributed by atoms with Crippen molar-refractivity contribution < 1.29 is 9.21 Å². The number of rotatable bonds is 4. The number of anilines is 1. The van der Waals surface area contributed by atoms with Crippen LogP contribution in [0.25, 0.3) is 11.5 Å². The van der Waals surface area contributed by atoms with Gasteiger partial charge in [0, 0.05) is 17.8 Å². The molecule has 0 fully saturated rings. The lowest BCUT2D eigenvalue weighted by molar-refractivity contribution is 0.101. The molecule has 0 unspecified atom stereocenters. The van der Waals surface area contributed by atoms with E-state index < -0.39 is 0 Å². The number of carbonyl (C=O) groups is 1. The molecule has 7 heteroatoms. The molecule has 0 bridgehead atoms. The molecule has 124 valence electrons. The molecule has 0 saturated heterocycles. The van der Waals surface area contributed by atoms with Crippen molar-refractivity contribution in [2.24, 2.45) is 0 Å². The molecule has 3 aromatic rings. The largest absolute Gasteiger partial charge is 0.403 e. The van der Waals surface area contributed by atoms with Crippen molar-refractivity contribution in [2.45, 2.75) is 34.2 Å². The lowest BCUT2D eigenvalue weighted by Gasteiger charge is -2.01. The van der Waals surface area contributed by atoms with Gasteiger partial charge in [-0.15, -0.1) is 5.10 Å². The standard InChI is InChI=1S/C17H19N5O2/c1-5-22-12(4)9-14(21-22)15(23)18-17-20-19-16(24-17)13-7-6-10(2)8-11(13)3/h6-9H,5H2,1-4H3,(H,18,20,23). The second kappa shape index (κ2) is 6.27. The van der Waals surface area contributed by atoms with Crippen LogP contribution < -0.4 is 5.32 Å². The first-order valence-corrected chi connectivity index (χ1v) is 7.75. The summed E-state index contributed by atoms with van der Waals surface area (Å²) in [6, 6.07) is 7.72. The lowest BCUT2D eigenvalue weighted by atomic mass is 10.1. The summed E-state index contributed by atoms with van der Waals surface area (Å²) in [5, 5.41) is 14.7. The normalized spacial score (nSPS) is 10.8. The van der Waals surface area contributed by atoms with E-state index in [2.05, 4.69) is 20.6 Å². The first kappa shape index (κ1) is 15.9. The van der Waals surface area contributed by atoms with Gasteiger partial charge in [0.1, 0.15) is 0 Å². The minimum atomic E-state index is -0.374. The quantitative estimate of drug-likeness (QED) is 0.796. The highest BCUT2D eigenvalue weighted by molar-refractivity contribution is 6.01. The van der Waals surface area contributed by atoms with Crippen LogP contribution in [0.2, 0.25) is 0 Å². The number of hydrogen-bond acceptors (Lipinski definition) is 5. The zero-order valence-corrected chi connectivity index (χ0v) is 14.1. The minimum absolute atomic E-state index is 0.0543. The van der Waals surface area contributed by atoms with Crippen LogP contribution in [0.5, 0.6) is 0 Å². The Morgan fingerprint density at radius 2 is 2.00 bits per heavy atom. The summed E-state index contributed by atoms with van der Waals surface area (Å²) in [7, 11) is 0. The third-order valence-electron chi connectivity index (χ3n) is 3.77. The van der Waals surface area contributed by atoms with Crippen molar-refractivity contribution in [3.63, 3.8) is 0 Å². The zero-order valence-electron chi connectivity index (χ0n) is 14.1. The molecule has 0 spiro atoms. The van der Waals surface area contributed by atoms with E-state index in [1.165, 1.54) is 0 Å². The molecule has 0 aliphatic heterocycles. The second-order valence-corrected chi connectivity index (χ2v) is 5.67. The molecule has 0 aliphatic carbocycles. The Bertz CT molecular complexity index is 894. The van der Waals surface area contributed by atoms with Gasteiger partial charge in [-0.2, -0.15) is 5.10 Å². The van der Waals surface area contributed by atoms with Crippen LogP contribution >= 0.6 is 0 Å². The van der Waals surface area contributed by atoms with Gasteiger partial charge >= 0.3 is 6.01 Å². The van der Waals surface area contributed by atoms with E-state index in [1.54, 1.807) is 10.7 Å². The topological polar surface area (TPSA) is 85.8 Å². The Balaban J connectivity index is 1.79. The molecular weight excluding hydrogens is 306 g/mol. The molecule has 0 radical (unpaired) electrons. The van der Waals surface area contributed by atoms with Gasteiger partial charge < -0.3 is 4.42 Å². The first-order chi connectivity index (χ1) is 11.5. The fourth-order valence-electron chi connectivity index (χ4n) is 2.54. The highest BCUT2D eigenvalue weighted by Gasteiger charge is 2.16. The number of benzene rings is 1. The van der Waals surface area contributed by atoms with Crippen LogP contribution in [0.4, 0.5) is 6.01 Å². The zero-order chi connectivity index (χ0) is 17.3. The summed E-state index contributed by atoms with van der Waals surface area (Å²) >= 11 is 0. The SMILES string of the molecule is CCn1nc(C(=O)Nc2nnc(-c3ccc(C)cc3C)o2)cc1C. The van der Waals surface area contributed by atoms with Gasteiger partial charge in [0.05, 0.1) is 0 Å². The van der Waals surface area contributed by atoms with Gasteiger partial charge in [-0.05, 0) is 45.4 Å². The van der Waals surface area contributed by atoms with Crippen molar-refractivity contribution in [1.82, 2.24) is 20.0 Å². The summed E-state index contributed by atoms with van der Waals surface area (Å²) in [5.74, 6) is -0.000744. The van der Waals surface area contributed by atoms with Crippen molar-refractivity contribution in [3.8, 4) is 11.5 Å². The molecule has 2 heterocycles. The Kier molecular flexibility index (Phi) is 4.16. The van der Waals surface area contributed by atoms with Crippen LogP contribution in [-0.2, 0) is 6.54 Å². The number of nitrogens with zero attached hydrogens (tertiary/aromatic N) is 4. The third kappa shape index (κ3) is 3.05. The summed E-state index contributed by atoms with van der Waals surface area (Å²) in [4.78, 5) is 12.2. The van der Waals surface area contributed by atoms with Crippen LogP contribution in [0.15, 0.2) is 28.7 Å². The Labute approximate surface area is 139 Å². The van der Waals surface area contributed by atoms with E-state index in [4.69, 9.17) is 4.42 Å². The van der Waals surface area contributed by atoms with Crippen LogP contribution in [0, 0.1) is 20.8 Å². The molecule has 24 heavy (non-hydrogen) atoms. The van der Waals surface area contributed by atoms with Crippen molar-refractivity contribution in [2.75, 3.05) is 5.32 Å². The van der Waals surface area contributed by atoms with E-state index >= 15 is 0 Å². The number of hydrogen-bond donors (Lipinski definition) is 1. The molecule has 1 aromatic carbocycles. The lowest BCUT2D eigenvalue weighted by Crippen LogP contribution is -2.13. The number of aromatic nitrogens is 4. The maximum atomic E-state index is 12.2. The van der Waals surface area contributed by atoms with Crippen LogP contribution in [-0.4, -0.2) is 25.9 Å². The maximum Gasteiger partial charge on any atom is 0.322 e. The van der Waals surface area contributed by atoms with Gasteiger partial charge in [-0.1, -0.05) is 22.8 Å². The highest BCUT2D eigenvalue weighted by Crippen LogP contribution is 2.24. The van der Waals surface area contributed by atoms with Crippen molar-refractivity contribution >= 4 is 11.9 Å². The molecule has 0 saturated carbocycles. The predicted octanol–water partition coefficient (Wildman–Crippen LogP) is 3.13. The number of carbonyl (C=O) groups excluding carboxylic acids is 1. The van der Waals surface area contributed by atoms with E-state index in [0.29, 0.717) is 18.1 Å². The smallest absolute Gasteiger partial charge is 0.322 e. The average Bonchev–Trinajstić information content (AvgIpc) is 3.14. The van der Waals surface area contributed by atoms with Gasteiger partial charge in [0.15, 0.2) is 5.69 Å². The van der Waals surface area contributed by atoms with Gasteiger partial charge in [0.25, 0.3) is 5.91 Å². The Morgan fingerprint density at radius 3 is 2.67 bits per heavy atom. The second-order valence-electron chi connectivity index (χ2n) is 5.67. The molecule has 1 amide bonds. The minimum Gasteiger partial charge on any atom is -0.403 e. The molecule has 7 nitrogen and oxygen atoms in total. The van der Waals surface area contributed by atoms with Gasteiger partial charge in [-0.25, -0.2) is 0 Å². The molecule has 0 atom stereocenters. The molecular formula is C17H19N5O2. The Morgan fingerprint density at radius 1 is 1.21 bits per heavy atom. The summed E-state index contributed by atoms with van der Waals surface area (Å²) in [6.45, 7) is 8.57. The van der Waals surface area contributed by atoms with Crippen LogP contribution in [0.1, 0.15) is 34.2 Å². The fraction of sp³-hybridized carbons (Fsp3) is 0.294. The van der Waals surface area contributed by atoms with Crippen molar-refractivity contribution in [3.05, 3.63) is 46.8 Å². The summed E-state index contributed by atoms with van der Waals surface area (Å²) in [5.41, 5.74) is 4.28. The molecule has 1 N–H and O–H groups in total. The molecule has 3 rings (SSSR count). The van der Waals surface area contributed by atoms with Gasteiger partial charge in [-0.3, -0.25) is 14.8 Å². The number of aryl methyl sites for hydroxylation is 4. The summed E-state index contributed by atoms with van der Waals surface area (Å²) in [6.07, 6.45) is 0. The van der Waals surface area contributed by atoms with E-state index in [9.17, 15) is 4.79 Å². The fourth-order valence-corrected chi connectivity index (χ4v) is 2.54. The van der Waals surface area contributed by atoms with E-state index in [-0.39, 0.29) is 11.9 Å². The summed E-state index contributed by atoms with van der Waals surface area (Å²) < 4.78 is 7.31. The van der Waals surface area contributed by atoms with Gasteiger partial charge in [0.2, 0.25) is 5.89 Å². The maximum absolute atomic E-state index is 12.2. The molecule has 0 aliphatic rings. The monoisotopic (exact) mass is 325 g/mol. The number of amides is 1.